The zero-order chi connectivity index (χ0) is 16.1. The van der Waals surface area contributed by atoms with E-state index in [0.717, 1.165) is 17.8 Å². The maximum atomic E-state index is 11.9. The third-order valence-corrected chi connectivity index (χ3v) is 3.94. The summed E-state index contributed by atoms with van der Waals surface area (Å²) in [5.41, 5.74) is 7.90. The molecule has 1 heterocycles. The van der Waals surface area contributed by atoms with Crippen molar-refractivity contribution in [2.75, 3.05) is 24.7 Å². The van der Waals surface area contributed by atoms with Crippen LogP contribution in [0.25, 0.3) is 0 Å². The van der Waals surface area contributed by atoms with E-state index in [9.17, 15) is 4.79 Å². The van der Waals surface area contributed by atoms with E-state index >= 15 is 0 Å². The van der Waals surface area contributed by atoms with Gasteiger partial charge in [-0.1, -0.05) is 17.7 Å². The van der Waals surface area contributed by atoms with Crippen molar-refractivity contribution in [2.45, 2.75) is 13.1 Å². The summed E-state index contributed by atoms with van der Waals surface area (Å²) >= 11 is 7.45. The number of halogens is 1. The van der Waals surface area contributed by atoms with Gasteiger partial charge in [-0.25, -0.2) is 9.78 Å². The topological polar surface area (TPSA) is 83.3 Å². The Hall–Kier alpha value is -1.67. The van der Waals surface area contributed by atoms with Crippen LogP contribution in [0, 0.1) is 0 Å². The first-order valence-corrected chi connectivity index (χ1v) is 7.89. The van der Waals surface area contributed by atoms with Gasteiger partial charge in [0.05, 0.1) is 5.69 Å². The second-order valence-electron chi connectivity index (χ2n) is 4.97. The summed E-state index contributed by atoms with van der Waals surface area (Å²) in [6.07, 6.45) is 0. The number of nitrogens with one attached hydrogen (secondary N) is 2. The number of aromatic nitrogens is 1. The van der Waals surface area contributed by atoms with Crippen molar-refractivity contribution in [2.24, 2.45) is 5.73 Å². The number of benzene rings is 1. The number of rotatable bonds is 5. The normalized spacial score (nSPS) is 10.8. The minimum Gasteiger partial charge on any atom is -0.326 e. The first kappa shape index (κ1) is 16.7. The lowest BCUT2D eigenvalue weighted by Gasteiger charge is -2.08. The third-order valence-electron chi connectivity index (χ3n) is 2.78. The van der Waals surface area contributed by atoms with Gasteiger partial charge in [-0.3, -0.25) is 5.32 Å². The van der Waals surface area contributed by atoms with Crippen molar-refractivity contribution < 1.29 is 4.79 Å². The zero-order valence-corrected chi connectivity index (χ0v) is 14.0. The maximum absolute atomic E-state index is 11.9. The van der Waals surface area contributed by atoms with Gasteiger partial charge in [0.15, 0.2) is 5.13 Å². The fourth-order valence-electron chi connectivity index (χ4n) is 1.81. The Labute approximate surface area is 138 Å². The number of carbonyl (C=O) groups excluding carboxylic acids is 1. The maximum Gasteiger partial charge on any atom is 0.325 e. The lowest BCUT2D eigenvalue weighted by Crippen LogP contribution is -2.19. The van der Waals surface area contributed by atoms with Gasteiger partial charge < -0.3 is 16.0 Å². The Morgan fingerprint density at radius 1 is 1.41 bits per heavy atom. The smallest absolute Gasteiger partial charge is 0.325 e. The molecule has 0 saturated heterocycles. The Kier molecular flexibility index (Phi) is 5.73. The molecule has 0 spiro atoms. The van der Waals surface area contributed by atoms with E-state index in [1.165, 1.54) is 11.3 Å². The van der Waals surface area contributed by atoms with Crippen LogP contribution in [0.3, 0.4) is 0 Å². The molecule has 0 atom stereocenters. The minimum atomic E-state index is -0.359. The second-order valence-corrected chi connectivity index (χ2v) is 6.24. The summed E-state index contributed by atoms with van der Waals surface area (Å²) in [6, 6.07) is 4.86. The molecular weight excluding hydrogens is 322 g/mol. The quantitative estimate of drug-likeness (QED) is 0.782. The molecule has 118 valence electrons. The molecule has 0 aliphatic carbocycles. The Morgan fingerprint density at radius 2 is 2.18 bits per heavy atom. The van der Waals surface area contributed by atoms with E-state index in [1.54, 1.807) is 18.2 Å². The Bertz CT molecular complexity index is 658. The molecule has 4 N–H and O–H groups in total. The van der Waals surface area contributed by atoms with Crippen molar-refractivity contribution in [3.05, 3.63) is 39.9 Å². The lowest BCUT2D eigenvalue weighted by molar-refractivity contribution is 0.262. The standard InChI is InChI=1S/C14H18ClN5OS/c1-20(2)7-11-8-22-14(18-11)19-13(21)17-10-4-3-9(6-16)12(15)5-10/h3-5,8H,6-7,16H2,1-2H3,(H2,17,18,19,21). The van der Waals surface area contributed by atoms with Gasteiger partial charge in [-0.2, -0.15) is 0 Å². The van der Waals surface area contributed by atoms with Crippen LogP contribution in [0.5, 0.6) is 0 Å². The van der Waals surface area contributed by atoms with E-state index < -0.39 is 0 Å². The van der Waals surface area contributed by atoms with Gasteiger partial charge in [0, 0.05) is 29.2 Å². The van der Waals surface area contributed by atoms with Crippen LogP contribution >= 0.6 is 22.9 Å². The van der Waals surface area contributed by atoms with Crippen molar-refractivity contribution in [1.82, 2.24) is 9.88 Å². The molecular formula is C14H18ClN5OS. The summed E-state index contributed by atoms with van der Waals surface area (Å²) in [4.78, 5) is 18.3. The van der Waals surface area contributed by atoms with Crippen LogP contribution in [0.4, 0.5) is 15.6 Å². The first-order valence-electron chi connectivity index (χ1n) is 6.63. The molecule has 0 aliphatic heterocycles. The molecule has 2 amide bonds. The summed E-state index contributed by atoms with van der Waals surface area (Å²) < 4.78 is 0. The molecule has 1 aromatic carbocycles. The highest BCUT2D eigenvalue weighted by Gasteiger charge is 2.08. The molecule has 2 aromatic rings. The molecule has 8 heteroatoms. The van der Waals surface area contributed by atoms with E-state index in [1.807, 2.05) is 24.4 Å². The molecule has 0 radical (unpaired) electrons. The monoisotopic (exact) mass is 339 g/mol. The molecule has 2 rings (SSSR count). The molecule has 6 nitrogen and oxygen atoms in total. The predicted molar refractivity (Wildman–Crippen MR) is 91.5 cm³/mol. The average molecular weight is 340 g/mol. The van der Waals surface area contributed by atoms with Crippen LogP contribution in [0.15, 0.2) is 23.6 Å². The average Bonchev–Trinajstić information content (AvgIpc) is 2.85. The molecule has 0 fully saturated rings. The third kappa shape index (κ3) is 4.67. The predicted octanol–water partition coefficient (Wildman–Crippen LogP) is 2.96. The van der Waals surface area contributed by atoms with E-state index in [-0.39, 0.29) is 6.03 Å². The van der Waals surface area contributed by atoms with Crippen molar-refractivity contribution >= 4 is 39.8 Å². The van der Waals surface area contributed by atoms with Gasteiger partial charge in [0.2, 0.25) is 0 Å². The van der Waals surface area contributed by atoms with Gasteiger partial charge in [-0.05, 0) is 31.8 Å². The number of nitrogens with zero attached hydrogens (tertiary/aromatic N) is 2. The van der Waals surface area contributed by atoms with E-state index in [0.29, 0.717) is 22.4 Å². The number of carbonyl (C=O) groups is 1. The van der Waals surface area contributed by atoms with Crippen molar-refractivity contribution in [1.29, 1.82) is 0 Å². The Balaban J connectivity index is 1.95. The van der Waals surface area contributed by atoms with Crippen molar-refractivity contribution in [3.8, 4) is 0 Å². The molecule has 0 bridgehead atoms. The highest BCUT2D eigenvalue weighted by atomic mass is 35.5. The van der Waals surface area contributed by atoms with Gasteiger partial charge in [0.25, 0.3) is 0 Å². The fraction of sp³-hybridized carbons (Fsp3) is 0.286. The lowest BCUT2D eigenvalue weighted by atomic mass is 10.2. The molecule has 22 heavy (non-hydrogen) atoms. The SMILES string of the molecule is CN(C)Cc1csc(NC(=O)Nc2ccc(CN)c(Cl)c2)n1. The number of hydrogen-bond donors (Lipinski definition) is 3. The first-order chi connectivity index (χ1) is 10.5. The van der Waals surface area contributed by atoms with Gasteiger partial charge >= 0.3 is 6.03 Å². The number of hydrogen-bond acceptors (Lipinski definition) is 5. The van der Waals surface area contributed by atoms with E-state index in [2.05, 4.69) is 15.6 Å². The second kappa shape index (κ2) is 7.55. The van der Waals surface area contributed by atoms with E-state index in [4.69, 9.17) is 17.3 Å². The van der Waals surface area contributed by atoms with Crippen LogP contribution in [-0.4, -0.2) is 30.0 Å². The fourth-order valence-corrected chi connectivity index (χ4v) is 2.77. The van der Waals surface area contributed by atoms with Gasteiger partial charge in [-0.15, -0.1) is 11.3 Å². The Morgan fingerprint density at radius 3 is 2.82 bits per heavy atom. The summed E-state index contributed by atoms with van der Waals surface area (Å²) in [5.74, 6) is 0. The highest BCUT2D eigenvalue weighted by Crippen LogP contribution is 2.21. The highest BCUT2D eigenvalue weighted by molar-refractivity contribution is 7.13. The van der Waals surface area contributed by atoms with Crippen LogP contribution in [0.1, 0.15) is 11.3 Å². The van der Waals surface area contributed by atoms with Crippen molar-refractivity contribution in [3.63, 3.8) is 0 Å². The molecule has 0 unspecified atom stereocenters. The summed E-state index contributed by atoms with van der Waals surface area (Å²) in [5, 5.41) is 8.42. The summed E-state index contributed by atoms with van der Waals surface area (Å²) in [6.45, 7) is 1.09. The zero-order valence-electron chi connectivity index (χ0n) is 12.4. The summed E-state index contributed by atoms with van der Waals surface area (Å²) in [7, 11) is 3.93. The molecule has 0 aliphatic rings. The number of urea groups is 1. The van der Waals surface area contributed by atoms with Crippen LogP contribution in [-0.2, 0) is 13.1 Å². The van der Waals surface area contributed by atoms with Crippen LogP contribution in [0.2, 0.25) is 5.02 Å². The molecule has 1 aromatic heterocycles. The largest absolute Gasteiger partial charge is 0.326 e. The number of nitrogens with two attached hydrogens (primary N) is 1. The van der Waals surface area contributed by atoms with Crippen LogP contribution < -0.4 is 16.4 Å². The number of amides is 2. The number of thiazole rings is 1. The minimum absolute atomic E-state index is 0.359. The van der Waals surface area contributed by atoms with Gasteiger partial charge in [0.1, 0.15) is 0 Å². The molecule has 0 saturated carbocycles. The number of anilines is 2.